The van der Waals surface area contributed by atoms with Gasteiger partial charge in [0.05, 0.1) is 12.6 Å². The molecule has 5 heteroatoms. The standard InChI is InChI=1S/C20H16N2O3/c23-20(11-16-6-3-5-15-4-1-2-7-17(15)16)22-21-12-14-8-9-18-19(10-14)25-13-24-18/h1-10,12H,11,13H2,(H,22,23)/b21-12-. The fourth-order valence-corrected chi connectivity index (χ4v) is 2.83. The maximum absolute atomic E-state index is 12.2. The van der Waals surface area contributed by atoms with Gasteiger partial charge in [-0.15, -0.1) is 0 Å². The highest BCUT2D eigenvalue weighted by molar-refractivity contribution is 5.90. The van der Waals surface area contributed by atoms with E-state index in [0.29, 0.717) is 5.75 Å². The Morgan fingerprint density at radius 2 is 1.88 bits per heavy atom. The number of fused-ring (bicyclic) bond motifs is 2. The maximum atomic E-state index is 12.2. The molecule has 1 N–H and O–H groups in total. The SMILES string of the molecule is O=C(Cc1cccc2ccccc12)N/N=C\c1ccc2c(c1)OCO2. The average Bonchev–Trinajstić information content (AvgIpc) is 3.10. The third-order valence-corrected chi connectivity index (χ3v) is 4.03. The van der Waals surface area contributed by atoms with Crippen molar-refractivity contribution in [1.29, 1.82) is 0 Å². The lowest BCUT2D eigenvalue weighted by Crippen LogP contribution is -2.19. The van der Waals surface area contributed by atoms with Crippen LogP contribution in [0.4, 0.5) is 0 Å². The molecule has 0 aromatic heterocycles. The van der Waals surface area contributed by atoms with Crippen LogP contribution in [0.25, 0.3) is 10.8 Å². The van der Waals surface area contributed by atoms with Crippen LogP contribution in [0.1, 0.15) is 11.1 Å². The van der Waals surface area contributed by atoms with Crippen molar-refractivity contribution in [1.82, 2.24) is 5.43 Å². The van der Waals surface area contributed by atoms with Crippen LogP contribution in [0.5, 0.6) is 11.5 Å². The first kappa shape index (κ1) is 15.2. The van der Waals surface area contributed by atoms with Gasteiger partial charge in [-0.25, -0.2) is 5.43 Å². The van der Waals surface area contributed by atoms with Gasteiger partial charge < -0.3 is 9.47 Å². The summed E-state index contributed by atoms with van der Waals surface area (Å²) in [6, 6.07) is 19.5. The highest BCUT2D eigenvalue weighted by Gasteiger charge is 2.12. The van der Waals surface area contributed by atoms with Crippen LogP contribution in [0.15, 0.2) is 65.8 Å². The number of hydrogen-bond acceptors (Lipinski definition) is 4. The normalized spacial score (nSPS) is 12.6. The van der Waals surface area contributed by atoms with Crippen LogP contribution < -0.4 is 14.9 Å². The first-order valence-electron chi connectivity index (χ1n) is 7.98. The zero-order valence-electron chi connectivity index (χ0n) is 13.4. The molecule has 3 aromatic rings. The second-order valence-corrected chi connectivity index (χ2v) is 5.72. The summed E-state index contributed by atoms with van der Waals surface area (Å²) in [6.07, 6.45) is 1.86. The monoisotopic (exact) mass is 332 g/mol. The first-order chi connectivity index (χ1) is 12.3. The summed E-state index contributed by atoms with van der Waals surface area (Å²) in [5.41, 5.74) is 4.38. The van der Waals surface area contributed by atoms with E-state index in [1.807, 2.05) is 60.7 Å². The topological polar surface area (TPSA) is 59.9 Å². The molecule has 0 atom stereocenters. The van der Waals surface area contributed by atoms with E-state index in [1.54, 1.807) is 6.21 Å². The molecule has 0 spiro atoms. The van der Waals surface area contributed by atoms with Crippen LogP contribution in [-0.2, 0) is 11.2 Å². The van der Waals surface area contributed by atoms with Gasteiger partial charge in [-0.05, 0) is 40.1 Å². The summed E-state index contributed by atoms with van der Waals surface area (Å²) in [4.78, 5) is 12.2. The number of hydrazone groups is 1. The van der Waals surface area contributed by atoms with E-state index in [0.717, 1.165) is 27.6 Å². The maximum Gasteiger partial charge on any atom is 0.244 e. The van der Waals surface area contributed by atoms with Gasteiger partial charge in [0.2, 0.25) is 12.7 Å². The third-order valence-electron chi connectivity index (χ3n) is 4.03. The highest BCUT2D eigenvalue weighted by Crippen LogP contribution is 2.31. The van der Waals surface area contributed by atoms with Crippen LogP contribution in [0.3, 0.4) is 0 Å². The van der Waals surface area contributed by atoms with Crippen molar-refractivity contribution < 1.29 is 14.3 Å². The van der Waals surface area contributed by atoms with Crippen LogP contribution >= 0.6 is 0 Å². The number of rotatable bonds is 4. The Morgan fingerprint density at radius 3 is 2.84 bits per heavy atom. The molecular weight excluding hydrogens is 316 g/mol. The average molecular weight is 332 g/mol. The van der Waals surface area contributed by atoms with E-state index >= 15 is 0 Å². The predicted molar refractivity (Wildman–Crippen MR) is 96.0 cm³/mol. The lowest BCUT2D eigenvalue weighted by molar-refractivity contribution is -0.120. The lowest BCUT2D eigenvalue weighted by Gasteiger charge is -2.05. The van der Waals surface area contributed by atoms with Crippen molar-refractivity contribution in [2.24, 2.45) is 5.10 Å². The number of carbonyl (C=O) groups excluding carboxylic acids is 1. The molecule has 0 fully saturated rings. The third kappa shape index (κ3) is 3.30. The molecule has 0 saturated heterocycles. The molecule has 1 aliphatic rings. The fraction of sp³-hybridized carbons (Fsp3) is 0.100. The van der Waals surface area contributed by atoms with Crippen LogP contribution in [0, 0.1) is 0 Å². The van der Waals surface area contributed by atoms with Gasteiger partial charge in [-0.2, -0.15) is 5.10 Å². The van der Waals surface area contributed by atoms with E-state index < -0.39 is 0 Å². The summed E-state index contributed by atoms with van der Waals surface area (Å²) in [6.45, 7) is 0.234. The summed E-state index contributed by atoms with van der Waals surface area (Å²) >= 11 is 0. The summed E-state index contributed by atoms with van der Waals surface area (Å²) in [5.74, 6) is 1.25. The molecule has 0 saturated carbocycles. The minimum Gasteiger partial charge on any atom is -0.454 e. The number of hydrogen-bond donors (Lipinski definition) is 1. The minimum atomic E-state index is -0.159. The van der Waals surface area contributed by atoms with Crippen molar-refractivity contribution in [3.63, 3.8) is 0 Å². The number of carbonyl (C=O) groups is 1. The van der Waals surface area contributed by atoms with Gasteiger partial charge in [-0.3, -0.25) is 4.79 Å². The summed E-state index contributed by atoms with van der Waals surface area (Å²) in [7, 11) is 0. The Hall–Kier alpha value is -3.34. The fourth-order valence-electron chi connectivity index (χ4n) is 2.83. The van der Waals surface area contributed by atoms with Crippen LogP contribution in [0.2, 0.25) is 0 Å². The van der Waals surface area contributed by atoms with Gasteiger partial charge in [0, 0.05) is 0 Å². The van der Waals surface area contributed by atoms with Crippen molar-refractivity contribution in [3.05, 3.63) is 71.8 Å². The summed E-state index contributed by atoms with van der Waals surface area (Å²) < 4.78 is 10.6. The number of nitrogens with zero attached hydrogens (tertiary/aromatic N) is 1. The molecule has 1 aliphatic heterocycles. The van der Waals surface area contributed by atoms with Gasteiger partial charge in [0.1, 0.15) is 0 Å². The van der Waals surface area contributed by atoms with Crippen molar-refractivity contribution in [3.8, 4) is 11.5 Å². The summed E-state index contributed by atoms with van der Waals surface area (Å²) in [5, 5.41) is 6.23. The van der Waals surface area contributed by atoms with Crippen molar-refractivity contribution in [2.75, 3.05) is 6.79 Å². The van der Waals surface area contributed by atoms with E-state index in [4.69, 9.17) is 9.47 Å². The first-order valence-corrected chi connectivity index (χ1v) is 7.98. The molecule has 1 heterocycles. The van der Waals surface area contributed by atoms with E-state index in [-0.39, 0.29) is 19.1 Å². The molecule has 1 amide bonds. The zero-order valence-corrected chi connectivity index (χ0v) is 13.4. The number of ether oxygens (including phenoxy) is 2. The Labute approximate surface area is 144 Å². The Morgan fingerprint density at radius 1 is 1.04 bits per heavy atom. The van der Waals surface area contributed by atoms with Crippen LogP contribution in [-0.4, -0.2) is 18.9 Å². The zero-order chi connectivity index (χ0) is 17.1. The molecule has 4 rings (SSSR count). The smallest absolute Gasteiger partial charge is 0.244 e. The van der Waals surface area contributed by atoms with Gasteiger partial charge >= 0.3 is 0 Å². The molecule has 0 unspecified atom stereocenters. The largest absolute Gasteiger partial charge is 0.454 e. The number of nitrogens with one attached hydrogen (secondary N) is 1. The Balaban J connectivity index is 1.42. The molecule has 0 bridgehead atoms. The van der Waals surface area contributed by atoms with Gasteiger partial charge in [-0.1, -0.05) is 42.5 Å². The van der Waals surface area contributed by atoms with E-state index in [9.17, 15) is 4.79 Å². The molecule has 25 heavy (non-hydrogen) atoms. The quantitative estimate of drug-likeness (QED) is 0.589. The van der Waals surface area contributed by atoms with E-state index in [1.165, 1.54) is 0 Å². The van der Waals surface area contributed by atoms with E-state index in [2.05, 4.69) is 10.5 Å². The van der Waals surface area contributed by atoms with Gasteiger partial charge in [0.15, 0.2) is 11.5 Å². The highest BCUT2D eigenvalue weighted by atomic mass is 16.7. The second-order valence-electron chi connectivity index (χ2n) is 5.72. The lowest BCUT2D eigenvalue weighted by atomic mass is 10.0. The molecule has 124 valence electrons. The van der Waals surface area contributed by atoms with Gasteiger partial charge in [0.25, 0.3) is 0 Å². The van der Waals surface area contributed by atoms with Crippen molar-refractivity contribution in [2.45, 2.75) is 6.42 Å². The second kappa shape index (κ2) is 6.65. The molecule has 5 nitrogen and oxygen atoms in total. The number of amides is 1. The Bertz CT molecular complexity index is 961. The Kier molecular flexibility index (Phi) is 4.04. The number of benzene rings is 3. The predicted octanol–water partition coefficient (Wildman–Crippen LogP) is 3.26. The van der Waals surface area contributed by atoms with Crippen molar-refractivity contribution >= 4 is 22.9 Å². The minimum absolute atomic E-state index is 0.159. The molecule has 0 aliphatic carbocycles. The molecule has 0 radical (unpaired) electrons. The molecular formula is C20H16N2O3. The molecule has 3 aromatic carbocycles.